The van der Waals surface area contributed by atoms with Gasteiger partial charge in [0.1, 0.15) is 17.2 Å². The van der Waals surface area contributed by atoms with Crippen LogP contribution in [0.4, 0.5) is 5.13 Å². The number of carbonyl (C=O) groups excluding carboxylic acids is 1. The molecule has 8 heteroatoms. The summed E-state index contributed by atoms with van der Waals surface area (Å²) in [5.74, 6) is 0.944. The number of thiazole rings is 1. The van der Waals surface area contributed by atoms with E-state index in [1.54, 1.807) is 25.4 Å². The van der Waals surface area contributed by atoms with Gasteiger partial charge in [0, 0.05) is 25.4 Å². The molecule has 2 atom stereocenters. The Morgan fingerprint density at radius 2 is 2.04 bits per heavy atom. The number of anilines is 1. The Balaban J connectivity index is 1.51. The number of rotatable bonds is 5. The van der Waals surface area contributed by atoms with Gasteiger partial charge >= 0.3 is 0 Å². The van der Waals surface area contributed by atoms with Gasteiger partial charge in [0.2, 0.25) is 0 Å². The lowest BCUT2D eigenvalue weighted by Gasteiger charge is -2.27. The zero-order valence-corrected chi connectivity index (χ0v) is 16.3. The third-order valence-electron chi connectivity index (χ3n) is 4.83. The molecular formula is C20H22N4O3S. The highest BCUT2D eigenvalue weighted by molar-refractivity contribution is 7.22. The summed E-state index contributed by atoms with van der Waals surface area (Å²) in [7, 11) is 1.56. The topological polar surface area (TPSA) is 96.4 Å². The number of hydrogen-bond donors (Lipinski definition) is 3. The molecule has 0 saturated heterocycles. The zero-order valence-electron chi connectivity index (χ0n) is 15.5. The average Bonchev–Trinajstić information content (AvgIpc) is 3.11. The van der Waals surface area contributed by atoms with Gasteiger partial charge in [-0.1, -0.05) is 24.2 Å². The predicted octanol–water partition coefficient (Wildman–Crippen LogP) is 3.56. The van der Waals surface area contributed by atoms with E-state index in [0.29, 0.717) is 17.2 Å². The summed E-state index contributed by atoms with van der Waals surface area (Å²) in [6, 6.07) is 9.06. The number of aliphatic hydroxyl groups excluding tert-OH is 1. The number of aromatic nitrogens is 2. The summed E-state index contributed by atoms with van der Waals surface area (Å²) in [5, 5.41) is 16.9. The monoisotopic (exact) mass is 398 g/mol. The Morgan fingerprint density at radius 3 is 2.86 bits per heavy atom. The molecule has 3 N–H and O–H groups in total. The molecule has 1 fully saturated rings. The lowest BCUT2D eigenvalue weighted by atomic mass is 9.93. The molecule has 1 aliphatic rings. The van der Waals surface area contributed by atoms with Crippen LogP contribution in [-0.2, 0) is 0 Å². The van der Waals surface area contributed by atoms with E-state index in [2.05, 4.69) is 20.6 Å². The number of nitrogens with zero attached hydrogens (tertiary/aromatic N) is 2. The number of benzene rings is 1. The summed E-state index contributed by atoms with van der Waals surface area (Å²) in [6.45, 7) is 0. The Bertz CT molecular complexity index is 990. The van der Waals surface area contributed by atoms with E-state index in [1.807, 2.05) is 18.2 Å². The second-order valence-corrected chi connectivity index (χ2v) is 7.84. The van der Waals surface area contributed by atoms with Crippen molar-refractivity contribution in [3.05, 3.63) is 42.2 Å². The van der Waals surface area contributed by atoms with Crippen molar-refractivity contribution in [3.63, 3.8) is 0 Å². The number of carbonyl (C=O) groups is 1. The van der Waals surface area contributed by atoms with E-state index in [0.717, 1.165) is 41.0 Å². The van der Waals surface area contributed by atoms with Crippen molar-refractivity contribution in [2.75, 3.05) is 12.4 Å². The fraction of sp³-hybridized carbons (Fsp3) is 0.350. The minimum absolute atomic E-state index is 0.0602. The molecule has 1 saturated carbocycles. The van der Waals surface area contributed by atoms with E-state index in [9.17, 15) is 9.90 Å². The van der Waals surface area contributed by atoms with Gasteiger partial charge in [-0.05, 0) is 31.0 Å². The van der Waals surface area contributed by atoms with E-state index in [1.165, 1.54) is 11.3 Å². The van der Waals surface area contributed by atoms with Gasteiger partial charge in [0.05, 0.1) is 22.4 Å². The highest BCUT2D eigenvalue weighted by Crippen LogP contribution is 2.32. The molecule has 1 aliphatic carbocycles. The fourth-order valence-corrected chi connectivity index (χ4v) is 4.29. The smallest absolute Gasteiger partial charge is 0.269 e. The highest BCUT2D eigenvalue weighted by Gasteiger charge is 2.23. The lowest BCUT2D eigenvalue weighted by Crippen LogP contribution is -2.36. The second-order valence-electron chi connectivity index (χ2n) is 6.81. The maximum Gasteiger partial charge on any atom is 0.269 e. The minimum atomic E-state index is -0.319. The first-order valence-electron chi connectivity index (χ1n) is 9.33. The third-order valence-corrected chi connectivity index (χ3v) is 5.77. The van der Waals surface area contributed by atoms with Gasteiger partial charge in [-0.2, -0.15) is 0 Å². The maximum absolute atomic E-state index is 11.7. The maximum atomic E-state index is 11.7. The summed E-state index contributed by atoms with van der Waals surface area (Å²) in [6.07, 6.45) is 5.23. The minimum Gasteiger partial charge on any atom is -0.457 e. The molecule has 1 amide bonds. The average molecular weight is 398 g/mol. The van der Waals surface area contributed by atoms with Gasteiger partial charge in [0.15, 0.2) is 5.13 Å². The van der Waals surface area contributed by atoms with Crippen LogP contribution in [0.25, 0.3) is 10.2 Å². The van der Waals surface area contributed by atoms with Crippen LogP contribution in [-0.4, -0.2) is 40.2 Å². The van der Waals surface area contributed by atoms with Crippen LogP contribution in [0.5, 0.6) is 11.5 Å². The molecule has 2 aromatic heterocycles. The summed E-state index contributed by atoms with van der Waals surface area (Å²) >= 11 is 1.54. The summed E-state index contributed by atoms with van der Waals surface area (Å²) < 4.78 is 6.89. The molecule has 3 aromatic rings. The first-order valence-corrected chi connectivity index (χ1v) is 10.2. The molecule has 7 nitrogen and oxygen atoms in total. The number of amides is 1. The third kappa shape index (κ3) is 4.07. The molecule has 28 heavy (non-hydrogen) atoms. The van der Waals surface area contributed by atoms with Crippen LogP contribution >= 0.6 is 11.3 Å². The number of ether oxygens (including phenoxy) is 1. The number of fused-ring (bicyclic) bond motifs is 1. The van der Waals surface area contributed by atoms with E-state index < -0.39 is 0 Å². The van der Waals surface area contributed by atoms with Crippen molar-refractivity contribution in [3.8, 4) is 11.5 Å². The van der Waals surface area contributed by atoms with Crippen molar-refractivity contribution in [1.29, 1.82) is 0 Å². The van der Waals surface area contributed by atoms with Gasteiger partial charge in [-0.25, -0.2) is 4.98 Å². The van der Waals surface area contributed by atoms with Crippen LogP contribution in [0.1, 0.15) is 36.2 Å². The zero-order chi connectivity index (χ0) is 19.5. The molecule has 2 heterocycles. The van der Waals surface area contributed by atoms with Gasteiger partial charge in [-0.3, -0.25) is 9.78 Å². The van der Waals surface area contributed by atoms with Gasteiger partial charge in [-0.15, -0.1) is 0 Å². The summed E-state index contributed by atoms with van der Waals surface area (Å²) in [4.78, 5) is 20.4. The quantitative estimate of drug-likeness (QED) is 0.608. The van der Waals surface area contributed by atoms with Crippen molar-refractivity contribution < 1.29 is 14.6 Å². The van der Waals surface area contributed by atoms with Crippen molar-refractivity contribution in [2.24, 2.45) is 0 Å². The van der Waals surface area contributed by atoms with Crippen LogP contribution < -0.4 is 15.4 Å². The second kappa shape index (κ2) is 8.12. The molecule has 0 bridgehead atoms. The Hall–Kier alpha value is -2.71. The normalized spacial score (nSPS) is 19.4. The predicted molar refractivity (Wildman–Crippen MR) is 109 cm³/mol. The summed E-state index contributed by atoms with van der Waals surface area (Å²) in [5.41, 5.74) is 1.18. The van der Waals surface area contributed by atoms with E-state index in [-0.39, 0.29) is 18.1 Å². The Labute approximate surface area is 166 Å². The molecule has 1 aromatic carbocycles. The Kier molecular flexibility index (Phi) is 5.40. The van der Waals surface area contributed by atoms with Crippen LogP contribution in [0.15, 0.2) is 36.5 Å². The first kappa shape index (κ1) is 18.6. The van der Waals surface area contributed by atoms with Gasteiger partial charge < -0.3 is 20.5 Å². The molecule has 146 valence electrons. The van der Waals surface area contributed by atoms with E-state index >= 15 is 0 Å². The fourth-order valence-electron chi connectivity index (χ4n) is 3.33. The number of nitrogens with one attached hydrogen (secondary N) is 2. The molecule has 0 spiro atoms. The number of hydrogen-bond acceptors (Lipinski definition) is 7. The standard InChI is InChI=1S/C20H22N4O3S/c1-21-19(26)16-10-13(8-9-22-16)27-12-6-7-15-18(11-12)28-20(24-15)23-14-4-2-3-5-17(14)25/h6-11,14,17,25H,2-5H2,1H3,(H,21,26)(H,23,24)/t14?,17-/m0/s1. The molecule has 0 aliphatic heterocycles. The van der Waals surface area contributed by atoms with Gasteiger partial charge in [0.25, 0.3) is 5.91 Å². The SMILES string of the molecule is CNC(=O)c1cc(Oc2ccc3nc(NC4CCCC[C@@H]4O)sc3c2)ccn1. The highest BCUT2D eigenvalue weighted by atomic mass is 32.1. The van der Waals surface area contributed by atoms with Crippen LogP contribution in [0.3, 0.4) is 0 Å². The van der Waals surface area contributed by atoms with Crippen molar-refractivity contribution in [1.82, 2.24) is 15.3 Å². The Morgan fingerprint density at radius 1 is 1.21 bits per heavy atom. The lowest BCUT2D eigenvalue weighted by molar-refractivity contribution is 0.0957. The van der Waals surface area contributed by atoms with E-state index in [4.69, 9.17) is 4.74 Å². The number of aliphatic hydroxyl groups is 1. The largest absolute Gasteiger partial charge is 0.457 e. The first-order chi connectivity index (χ1) is 13.6. The van der Waals surface area contributed by atoms with Crippen molar-refractivity contribution in [2.45, 2.75) is 37.8 Å². The molecule has 1 unspecified atom stereocenters. The molecular weight excluding hydrogens is 376 g/mol. The number of pyridine rings is 1. The van der Waals surface area contributed by atoms with Crippen molar-refractivity contribution >= 4 is 32.6 Å². The van der Waals surface area contributed by atoms with Crippen LogP contribution in [0, 0.1) is 0 Å². The van der Waals surface area contributed by atoms with Crippen LogP contribution in [0.2, 0.25) is 0 Å². The molecule has 0 radical (unpaired) electrons. The molecule has 4 rings (SSSR count).